The number of carbonyl (C=O) groups excluding carboxylic acids is 2. The largest absolute Gasteiger partial charge is 0.496 e. The zero-order valence-electron chi connectivity index (χ0n) is 16.5. The van der Waals surface area contributed by atoms with Crippen molar-refractivity contribution < 1.29 is 14.3 Å². The van der Waals surface area contributed by atoms with Gasteiger partial charge in [-0.15, -0.1) is 0 Å². The summed E-state index contributed by atoms with van der Waals surface area (Å²) in [6.45, 7) is 3.06. The number of rotatable bonds is 6. The van der Waals surface area contributed by atoms with Gasteiger partial charge in [0.1, 0.15) is 5.75 Å². The number of anilines is 1. The lowest BCUT2D eigenvalue weighted by molar-refractivity contribution is -0.135. The fourth-order valence-electron chi connectivity index (χ4n) is 3.74. The summed E-state index contributed by atoms with van der Waals surface area (Å²) in [6, 6.07) is 9.38. The monoisotopic (exact) mass is 395 g/mol. The van der Waals surface area contributed by atoms with Gasteiger partial charge in [0, 0.05) is 50.7 Å². The molecule has 29 heavy (non-hydrogen) atoms. The molecule has 1 aromatic carbocycles. The Bertz CT molecular complexity index is 868. The van der Waals surface area contributed by atoms with Crippen molar-refractivity contribution in [1.82, 2.24) is 20.2 Å². The highest BCUT2D eigenvalue weighted by Crippen LogP contribution is 2.40. The number of methoxy groups -OCH3 is 1. The first-order chi connectivity index (χ1) is 14.2. The second-order valence-electron chi connectivity index (χ2n) is 7.34. The lowest BCUT2D eigenvalue weighted by Crippen LogP contribution is -2.50. The number of hydrogen-bond acceptors (Lipinski definition) is 6. The maximum atomic E-state index is 12.8. The molecule has 1 saturated heterocycles. The number of aromatic nitrogens is 2. The summed E-state index contributed by atoms with van der Waals surface area (Å²) in [6.07, 6.45) is 4.06. The molecule has 2 aromatic rings. The van der Waals surface area contributed by atoms with Gasteiger partial charge >= 0.3 is 0 Å². The standard InChI is InChI=1S/C21H25N5O3/c1-29-18-6-3-2-5-15(18)14-24-19(27)16-13-17(16)20(28)25-9-11-26(12-10-25)21-22-7-4-8-23-21/h2-8,16-17H,9-14H2,1H3,(H,24,27). The number of ether oxygens (including phenoxy) is 1. The van der Waals surface area contributed by atoms with Crippen LogP contribution in [-0.4, -0.2) is 60.0 Å². The van der Waals surface area contributed by atoms with Crippen molar-refractivity contribution in [3.63, 3.8) is 0 Å². The molecule has 4 rings (SSSR count). The fraction of sp³-hybridized carbons (Fsp3) is 0.429. The smallest absolute Gasteiger partial charge is 0.226 e. The van der Waals surface area contributed by atoms with Gasteiger partial charge in [-0.1, -0.05) is 18.2 Å². The summed E-state index contributed by atoms with van der Waals surface area (Å²) in [5, 5.41) is 2.94. The summed E-state index contributed by atoms with van der Waals surface area (Å²) in [5.41, 5.74) is 0.922. The molecule has 8 heteroatoms. The van der Waals surface area contributed by atoms with E-state index in [-0.39, 0.29) is 23.7 Å². The third-order valence-electron chi connectivity index (χ3n) is 5.52. The summed E-state index contributed by atoms with van der Waals surface area (Å²) >= 11 is 0. The van der Waals surface area contributed by atoms with Crippen LogP contribution in [0.25, 0.3) is 0 Å². The van der Waals surface area contributed by atoms with E-state index in [9.17, 15) is 9.59 Å². The maximum absolute atomic E-state index is 12.8. The second-order valence-corrected chi connectivity index (χ2v) is 7.34. The number of piperazine rings is 1. The van der Waals surface area contributed by atoms with Crippen molar-refractivity contribution in [2.75, 3.05) is 38.2 Å². The summed E-state index contributed by atoms with van der Waals surface area (Å²) in [4.78, 5) is 37.7. The van der Waals surface area contributed by atoms with Crippen LogP contribution >= 0.6 is 0 Å². The third kappa shape index (κ3) is 4.31. The van der Waals surface area contributed by atoms with E-state index < -0.39 is 0 Å². The average Bonchev–Trinajstić information content (AvgIpc) is 3.59. The van der Waals surface area contributed by atoms with Crippen molar-refractivity contribution in [3.05, 3.63) is 48.3 Å². The molecule has 2 atom stereocenters. The molecule has 0 spiro atoms. The quantitative estimate of drug-likeness (QED) is 0.788. The van der Waals surface area contributed by atoms with E-state index in [0.717, 1.165) is 11.3 Å². The minimum Gasteiger partial charge on any atom is -0.496 e. The Hall–Kier alpha value is -3.16. The number of carbonyl (C=O) groups is 2. The topological polar surface area (TPSA) is 87.7 Å². The van der Waals surface area contributed by atoms with E-state index in [4.69, 9.17) is 4.74 Å². The zero-order chi connectivity index (χ0) is 20.2. The minimum absolute atomic E-state index is 0.0643. The molecule has 1 N–H and O–H groups in total. The SMILES string of the molecule is COc1ccccc1CNC(=O)C1CC1C(=O)N1CCN(c2ncccn2)CC1. The first-order valence-corrected chi connectivity index (χ1v) is 9.87. The van der Waals surface area contributed by atoms with Gasteiger partial charge in [0.15, 0.2) is 0 Å². The normalized spacial score (nSPS) is 20.9. The van der Waals surface area contributed by atoms with Crippen LogP contribution in [0, 0.1) is 11.8 Å². The summed E-state index contributed by atoms with van der Waals surface area (Å²) < 4.78 is 5.31. The lowest BCUT2D eigenvalue weighted by Gasteiger charge is -2.34. The van der Waals surface area contributed by atoms with Crippen LogP contribution in [0.5, 0.6) is 5.75 Å². The van der Waals surface area contributed by atoms with Crippen molar-refractivity contribution >= 4 is 17.8 Å². The molecule has 1 saturated carbocycles. The average molecular weight is 395 g/mol. The summed E-state index contributed by atoms with van der Waals surface area (Å²) in [5.74, 6) is 1.03. The Labute approximate surface area is 169 Å². The molecule has 2 heterocycles. The molecule has 2 aliphatic rings. The van der Waals surface area contributed by atoms with Crippen LogP contribution in [0.3, 0.4) is 0 Å². The molecule has 8 nitrogen and oxygen atoms in total. The van der Waals surface area contributed by atoms with Crippen LogP contribution < -0.4 is 15.0 Å². The fourth-order valence-corrected chi connectivity index (χ4v) is 3.74. The van der Waals surface area contributed by atoms with E-state index >= 15 is 0 Å². The highest BCUT2D eigenvalue weighted by molar-refractivity contribution is 5.92. The Morgan fingerprint density at radius 3 is 2.52 bits per heavy atom. The summed E-state index contributed by atoms with van der Waals surface area (Å²) in [7, 11) is 1.61. The predicted molar refractivity (Wildman–Crippen MR) is 107 cm³/mol. The van der Waals surface area contributed by atoms with Gasteiger partial charge < -0.3 is 19.9 Å². The van der Waals surface area contributed by atoms with E-state index in [1.165, 1.54) is 0 Å². The van der Waals surface area contributed by atoms with Gasteiger partial charge in [-0.25, -0.2) is 9.97 Å². The van der Waals surface area contributed by atoms with Crippen LogP contribution in [0.1, 0.15) is 12.0 Å². The van der Waals surface area contributed by atoms with Gasteiger partial charge in [0.05, 0.1) is 18.9 Å². The van der Waals surface area contributed by atoms with E-state index in [2.05, 4.69) is 20.2 Å². The lowest BCUT2D eigenvalue weighted by atomic mass is 10.2. The highest BCUT2D eigenvalue weighted by Gasteiger charge is 2.49. The first-order valence-electron chi connectivity index (χ1n) is 9.87. The highest BCUT2D eigenvalue weighted by atomic mass is 16.5. The first kappa shape index (κ1) is 19.2. The van der Waals surface area contributed by atoms with Crippen LogP contribution in [0.15, 0.2) is 42.7 Å². The molecule has 0 radical (unpaired) electrons. The Kier molecular flexibility index (Phi) is 5.59. The van der Waals surface area contributed by atoms with E-state index in [1.54, 1.807) is 25.6 Å². The Morgan fingerprint density at radius 2 is 1.79 bits per heavy atom. The van der Waals surface area contributed by atoms with Crippen molar-refractivity contribution in [2.45, 2.75) is 13.0 Å². The number of amides is 2. The molecule has 1 aliphatic carbocycles. The number of nitrogens with zero attached hydrogens (tertiary/aromatic N) is 4. The van der Waals surface area contributed by atoms with Crippen LogP contribution in [0.2, 0.25) is 0 Å². The number of nitrogens with one attached hydrogen (secondary N) is 1. The van der Waals surface area contributed by atoms with Crippen molar-refractivity contribution in [1.29, 1.82) is 0 Å². The van der Waals surface area contributed by atoms with E-state index in [1.807, 2.05) is 29.2 Å². The molecule has 2 fully saturated rings. The number of para-hydroxylation sites is 1. The van der Waals surface area contributed by atoms with Gasteiger partial charge in [-0.3, -0.25) is 9.59 Å². The van der Waals surface area contributed by atoms with Gasteiger partial charge in [0.25, 0.3) is 0 Å². The van der Waals surface area contributed by atoms with Gasteiger partial charge in [0.2, 0.25) is 17.8 Å². The molecule has 1 aliphatic heterocycles. The van der Waals surface area contributed by atoms with Crippen molar-refractivity contribution in [2.24, 2.45) is 11.8 Å². The van der Waals surface area contributed by atoms with Gasteiger partial charge in [-0.05, 0) is 18.6 Å². The Morgan fingerprint density at radius 1 is 1.07 bits per heavy atom. The van der Waals surface area contributed by atoms with Crippen molar-refractivity contribution in [3.8, 4) is 5.75 Å². The molecule has 0 bridgehead atoms. The Balaban J connectivity index is 1.25. The van der Waals surface area contributed by atoms with E-state index in [0.29, 0.717) is 45.1 Å². The molecule has 152 valence electrons. The maximum Gasteiger partial charge on any atom is 0.226 e. The predicted octanol–water partition coefficient (Wildman–Crippen LogP) is 1.09. The minimum atomic E-state index is -0.229. The number of benzene rings is 1. The van der Waals surface area contributed by atoms with Crippen LogP contribution in [-0.2, 0) is 16.1 Å². The molecule has 1 aromatic heterocycles. The van der Waals surface area contributed by atoms with Crippen LogP contribution in [0.4, 0.5) is 5.95 Å². The molecular weight excluding hydrogens is 370 g/mol. The molecule has 2 unspecified atom stereocenters. The molecular formula is C21H25N5O3. The number of hydrogen-bond donors (Lipinski definition) is 1. The zero-order valence-corrected chi connectivity index (χ0v) is 16.5. The molecule has 2 amide bonds. The second kappa shape index (κ2) is 8.46. The van der Waals surface area contributed by atoms with Gasteiger partial charge in [-0.2, -0.15) is 0 Å². The third-order valence-corrected chi connectivity index (χ3v) is 5.52.